The SMILES string of the molecule is CCNC(C#N)CN(C)CCN(C)C. The third-order valence-electron chi connectivity index (χ3n) is 2.03. The zero-order valence-electron chi connectivity index (χ0n) is 9.75. The highest BCUT2D eigenvalue weighted by molar-refractivity contribution is 4.91. The van der Waals surface area contributed by atoms with Crippen LogP contribution in [0, 0.1) is 11.3 Å². The van der Waals surface area contributed by atoms with Crippen LogP contribution in [-0.4, -0.2) is 63.2 Å². The lowest BCUT2D eigenvalue weighted by molar-refractivity contribution is 0.270. The molecule has 0 aliphatic heterocycles. The van der Waals surface area contributed by atoms with Gasteiger partial charge >= 0.3 is 0 Å². The van der Waals surface area contributed by atoms with Gasteiger partial charge in [0, 0.05) is 19.6 Å². The van der Waals surface area contributed by atoms with Crippen molar-refractivity contribution in [3.63, 3.8) is 0 Å². The van der Waals surface area contributed by atoms with Crippen molar-refractivity contribution in [3.05, 3.63) is 0 Å². The van der Waals surface area contributed by atoms with Gasteiger partial charge in [-0.3, -0.25) is 0 Å². The van der Waals surface area contributed by atoms with Gasteiger partial charge in [0.05, 0.1) is 6.07 Å². The van der Waals surface area contributed by atoms with Gasteiger partial charge in [0.1, 0.15) is 6.04 Å². The number of nitrogens with zero attached hydrogens (tertiary/aromatic N) is 3. The number of nitrogens with one attached hydrogen (secondary N) is 1. The minimum atomic E-state index is -0.0489. The molecule has 1 atom stereocenters. The number of likely N-dealkylation sites (N-methyl/N-ethyl adjacent to an activating group) is 3. The van der Waals surface area contributed by atoms with Gasteiger partial charge in [-0.15, -0.1) is 0 Å². The van der Waals surface area contributed by atoms with Crippen LogP contribution in [0.5, 0.6) is 0 Å². The van der Waals surface area contributed by atoms with Gasteiger partial charge < -0.3 is 15.1 Å². The molecule has 1 unspecified atom stereocenters. The Labute approximate surface area is 87.5 Å². The Morgan fingerprint density at radius 3 is 2.36 bits per heavy atom. The first kappa shape index (κ1) is 13.4. The maximum absolute atomic E-state index is 8.83. The van der Waals surface area contributed by atoms with E-state index in [1.165, 1.54) is 0 Å². The van der Waals surface area contributed by atoms with Crippen molar-refractivity contribution in [2.24, 2.45) is 0 Å². The molecule has 0 amide bonds. The third-order valence-corrected chi connectivity index (χ3v) is 2.03. The summed E-state index contributed by atoms with van der Waals surface area (Å²) in [5.74, 6) is 0. The van der Waals surface area contributed by atoms with E-state index in [2.05, 4.69) is 35.3 Å². The molecule has 0 saturated carbocycles. The van der Waals surface area contributed by atoms with E-state index in [0.717, 1.165) is 26.2 Å². The third kappa shape index (κ3) is 6.84. The van der Waals surface area contributed by atoms with Crippen LogP contribution in [0.15, 0.2) is 0 Å². The molecule has 0 aromatic carbocycles. The molecule has 0 bridgehead atoms. The maximum atomic E-state index is 8.83. The van der Waals surface area contributed by atoms with Crippen LogP contribution >= 0.6 is 0 Å². The second kappa shape index (κ2) is 7.74. The summed E-state index contributed by atoms with van der Waals surface area (Å²) in [6.07, 6.45) is 0. The monoisotopic (exact) mass is 198 g/mol. The zero-order valence-corrected chi connectivity index (χ0v) is 9.75. The van der Waals surface area contributed by atoms with E-state index < -0.39 is 0 Å². The van der Waals surface area contributed by atoms with E-state index in [4.69, 9.17) is 5.26 Å². The minimum absolute atomic E-state index is 0.0489. The normalized spacial score (nSPS) is 13.2. The van der Waals surface area contributed by atoms with Crippen LogP contribution in [0.1, 0.15) is 6.92 Å². The lowest BCUT2D eigenvalue weighted by Crippen LogP contribution is -2.40. The molecule has 0 aromatic rings. The summed E-state index contributed by atoms with van der Waals surface area (Å²) in [6, 6.07) is 2.21. The van der Waals surface area contributed by atoms with E-state index in [-0.39, 0.29) is 6.04 Å². The van der Waals surface area contributed by atoms with Crippen LogP contribution in [0.4, 0.5) is 0 Å². The average molecular weight is 198 g/mol. The topological polar surface area (TPSA) is 42.3 Å². The Morgan fingerprint density at radius 1 is 1.29 bits per heavy atom. The fourth-order valence-corrected chi connectivity index (χ4v) is 1.17. The molecule has 82 valence electrons. The predicted molar refractivity (Wildman–Crippen MR) is 59.1 cm³/mol. The zero-order chi connectivity index (χ0) is 11.0. The molecule has 0 spiro atoms. The van der Waals surface area contributed by atoms with Gasteiger partial charge in [0.15, 0.2) is 0 Å². The molecule has 0 heterocycles. The largest absolute Gasteiger partial charge is 0.308 e. The van der Waals surface area contributed by atoms with Crippen molar-refractivity contribution in [1.82, 2.24) is 15.1 Å². The van der Waals surface area contributed by atoms with Crippen LogP contribution in [0.2, 0.25) is 0 Å². The summed E-state index contributed by atoms with van der Waals surface area (Å²) < 4.78 is 0. The van der Waals surface area contributed by atoms with Gasteiger partial charge in [-0.05, 0) is 27.7 Å². The molecule has 0 saturated heterocycles. The second-order valence-electron chi connectivity index (χ2n) is 3.80. The fourth-order valence-electron chi connectivity index (χ4n) is 1.17. The summed E-state index contributed by atoms with van der Waals surface area (Å²) >= 11 is 0. The molecular weight excluding hydrogens is 176 g/mol. The highest BCUT2D eigenvalue weighted by atomic mass is 15.2. The van der Waals surface area contributed by atoms with E-state index in [1.54, 1.807) is 0 Å². The fraction of sp³-hybridized carbons (Fsp3) is 0.900. The number of hydrogen-bond donors (Lipinski definition) is 1. The summed E-state index contributed by atoms with van der Waals surface area (Å²) in [5.41, 5.74) is 0. The van der Waals surface area contributed by atoms with Crippen molar-refractivity contribution >= 4 is 0 Å². The molecule has 0 aliphatic rings. The van der Waals surface area contributed by atoms with Crippen LogP contribution in [0.25, 0.3) is 0 Å². The summed E-state index contributed by atoms with van der Waals surface area (Å²) in [6.45, 7) is 5.68. The van der Waals surface area contributed by atoms with Gasteiger partial charge in [0.2, 0.25) is 0 Å². The molecule has 4 heteroatoms. The first-order valence-electron chi connectivity index (χ1n) is 5.06. The second-order valence-corrected chi connectivity index (χ2v) is 3.80. The van der Waals surface area contributed by atoms with E-state index >= 15 is 0 Å². The van der Waals surface area contributed by atoms with E-state index in [1.807, 2.05) is 14.0 Å². The Bertz CT molecular complexity index is 173. The molecule has 0 radical (unpaired) electrons. The first-order valence-corrected chi connectivity index (χ1v) is 5.06. The van der Waals surface area contributed by atoms with Gasteiger partial charge in [-0.2, -0.15) is 5.26 Å². The van der Waals surface area contributed by atoms with Crippen molar-refractivity contribution in [3.8, 4) is 6.07 Å². The molecule has 1 N–H and O–H groups in total. The Hall–Kier alpha value is -0.630. The van der Waals surface area contributed by atoms with Crippen LogP contribution in [-0.2, 0) is 0 Å². The predicted octanol–water partition coefficient (Wildman–Crippen LogP) is -0.0185. The van der Waals surface area contributed by atoms with Crippen molar-refractivity contribution in [2.45, 2.75) is 13.0 Å². The lowest BCUT2D eigenvalue weighted by Gasteiger charge is -2.21. The lowest BCUT2D eigenvalue weighted by atomic mass is 10.3. The highest BCUT2D eigenvalue weighted by Crippen LogP contribution is 1.89. The van der Waals surface area contributed by atoms with Gasteiger partial charge in [-0.25, -0.2) is 0 Å². The quantitative estimate of drug-likeness (QED) is 0.624. The van der Waals surface area contributed by atoms with E-state index in [9.17, 15) is 0 Å². The van der Waals surface area contributed by atoms with E-state index in [0.29, 0.717) is 0 Å². The highest BCUT2D eigenvalue weighted by Gasteiger charge is 2.08. The van der Waals surface area contributed by atoms with Gasteiger partial charge in [0.25, 0.3) is 0 Å². The number of hydrogen-bond acceptors (Lipinski definition) is 4. The smallest absolute Gasteiger partial charge is 0.108 e. The molecule has 0 fully saturated rings. The Morgan fingerprint density at radius 2 is 1.93 bits per heavy atom. The van der Waals surface area contributed by atoms with Crippen molar-refractivity contribution in [2.75, 3.05) is 47.3 Å². The summed E-state index contributed by atoms with van der Waals surface area (Å²) in [4.78, 5) is 4.32. The Balaban J connectivity index is 3.68. The molecular formula is C10H22N4. The first-order chi connectivity index (χ1) is 6.60. The van der Waals surface area contributed by atoms with Crippen molar-refractivity contribution in [1.29, 1.82) is 5.26 Å². The molecule has 0 aromatic heterocycles. The Kier molecular flexibility index (Phi) is 7.40. The standard InChI is InChI=1S/C10H22N4/c1-5-12-10(8-11)9-14(4)7-6-13(2)3/h10,12H,5-7,9H2,1-4H3. The average Bonchev–Trinajstić information content (AvgIpc) is 2.14. The molecule has 4 nitrogen and oxygen atoms in total. The molecule has 14 heavy (non-hydrogen) atoms. The summed E-state index contributed by atoms with van der Waals surface area (Å²) in [5, 5.41) is 12.0. The number of nitriles is 1. The minimum Gasteiger partial charge on any atom is -0.308 e. The van der Waals surface area contributed by atoms with Crippen LogP contribution < -0.4 is 5.32 Å². The molecule has 0 rings (SSSR count). The summed E-state index contributed by atoms with van der Waals surface area (Å²) in [7, 11) is 6.16. The van der Waals surface area contributed by atoms with Crippen molar-refractivity contribution < 1.29 is 0 Å². The molecule has 0 aliphatic carbocycles. The number of rotatable bonds is 7. The van der Waals surface area contributed by atoms with Gasteiger partial charge in [-0.1, -0.05) is 6.92 Å². The maximum Gasteiger partial charge on any atom is 0.108 e. The van der Waals surface area contributed by atoms with Crippen LogP contribution in [0.3, 0.4) is 0 Å².